The molecule has 0 heterocycles. The molecule has 0 aromatic heterocycles. The minimum absolute atomic E-state index is 0. The van der Waals surface area contributed by atoms with Crippen molar-refractivity contribution in [3.8, 4) is 0 Å². The minimum atomic E-state index is -0.977. The van der Waals surface area contributed by atoms with E-state index < -0.39 is 5.97 Å². The van der Waals surface area contributed by atoms with Crippen molar-refractivity contribution in [1.82, 2.24) is 0 Å². The van der Waals surface area contributed by atoms with E-state index in [1.165, 1.54) is 12.1 Å². The Morgan fingerprint density at radius 2 is 1.86 bits per heavy atom. The van der Waals surface area contributed by atoms with Crippen molar-refractivity contribution in [2.45, 2.75) is 0 Å². The van der Waals surface area contributed by atoms with Gasteiger partial charge >= 0.3 is 5.97 Å². The number of aromatic carboxylic acids is 1. The Bertz CT molecular complexity index is 337. The first-order valence-corrected chi connectivity index (χ1v) is 3.54. The number of carboxylic acid groups (broad SMARTS) is 1. The minimum Gasteiger partial charge on any atom is -0.478 e. The summed E-state index contributed by atoms with van der Waals surface area (Å²) in [6.45, 7) is 0. The van der Waals surface area contributed by atoms with Crippen LogP contribution in [-0.2, 0) is 0 Å². The molecule has 0 saturated heterocycles. The average molecular weight is 213 g/mol. The largest absolute Gasteiger partial charge is 0.478 e. The van der Waals surface area contributed by atoms with Gasteiger partial charge < -0.3 is 16.2 Å². The molecule has 1 rings (SSSR count). The number of nitrogens with one attached hydrogen (secondary N) is 2. The lowest BCUT2D eigenvalue weighted by Gasteiger charge is -2.02. The summed E-state index contributed by atoms with van der Waals surface area (Å²) in [6.07, 6.45) is 0. The summed E-state index contributed by atoms with van der Waals surface area (Å²) in [7, 11) is 0. The van der Waals surface area contributed by atoms with Gasteiger partial charge in [0.05, 0.1) is 5.56 Å². The monoisotopic (exact) mass is 213 g/mol. The molecular formula is C8H11N3O2S. The molecule has 5 nitrogen and oxygen atoms in total. The maximum atomic E-state index is 10.4. The van der Waals surface area contributed by atoms with E-state index in [9.17, 15) is 4.79 Å². The van der Waals surface area contributed by atoms with Crippen molar-refractivity contribution in [3.05, 3.63) is 29.8 Å². The van der Waals surface area contributed by atoms with Gasteiger partial charge in [-0.3, -0.25) is 5.41 Å². The molecule has 1 aromatic carbocycles. The van der Waals surface area contributed by atoms with Gasteiger partial charge in [-0.2, -0.15) is 13.5 Å². The van der Waals surface area contributed by atoms with E-state index in [2.05, 4.69) is 5.32 Å². The second-order valence-electron chi connectivity index (χ2n) is 2.42. The first-order valence-electron chi connectivity index (χ1n) is 3.54. The van der Waals surface area contributed by atoms with Gasteiger partial charge in [-0.05, 0) is 24.3 Å². The van der Waals surface area contributed by atoms with Crippen molar-refractivity contribution >= 4 is 31.1 Å². The van der Waals surface area contributed by atoms with Crippen LogP contribution in [0.15, 0.2) is 24.3 Å². The summed E-state index contributed by atoms with van der Waals surface area (Å²) in [5.41, 5.74) is 5.88. The van der Waals surface area contributed by atoms with Crippen LogP contribution < -0.4 is 11.1 Å². The highest BCUT2D eigenvalue weighted by Crippen LogP contribution is 2.08. The maximum Gasteiger partial charge on any atom is 0.335 e. The lowest BCUT2D eigenvalue weighted by atomic mass is 10.2. The highest BCUT2D eigenvalue weighted by Gasteiger charge is 2.01. The van der Waals surface area contributed by atoms with E-state index in [1.54, 1.807) is 12.1 Å². The van der Waals surface area contributed by atoms with Gasteiger partial charge in [-0.1, -0.05) is 0 Å². The van der Waals surface area contributed by atoms with E-state index in [1.807, 2.05) is 0 Å². The van der Waals surface area contributed by atoms with Crippen LogP contribution in [0.25, 0.3) is 0 Å². The zero-order chi connectivity index (χ0) is 9.84. The molecule has 0 unspecified atom stereocenters. The molecule has 1 aromatic rings. The molecule has 76 valence electrons. The molecule has 5 N–H and O–H groups in total. The van der Waals surface area contributed by atoms with Crippen molar-refractivity contribution in [3.63, 3.8) is 0 Å². The lowest BCUT2D eigenvalue weighted by Crippen LogP contribution is -2.20. The number of nitrogens with two attached hydrogens (primary N) is 1. The molecule has 14 heavy (non-hydrogen) atoms. The molecule has 0 aliphatic heterocycles. The fourth-order valence-corrected chi connectivity index (χ4v) is 0.852. The third kappa shape index (κ3) is 3.36. The normalized spacial score (nSPS) is 8.57. The highest BCUT2D eigenvalue weighted by atomic mass is 32.1. The van der Waals surface area contributed by atoms with Gasteiger partial charge in [0.25, 0.3) is 0 Å². The first-order chi connectivity index (χ1) is 6.09. The van der Waals surface area contributed by atoms with Crippen LogP contribution in [0.1, 0.15) is 10.4 Å². The van der Waals surface area contributed by atoms with Gasteiger partial charge in [-0.25, -0.2) is 4.79 Å². The Balaban J connectivity index is 0.00000169. The lowest BCUT2D eigenvalue weighted by molar-refractivity contribution is 0.0697. The summed E-state index contributed by atoms with van der Waals surface area (Å²) in [6, 6.07) is 5.97. The summed E-state index contributed by atoms with van der Waals surface area (Å²) < 4.78 is 0. The number of anilines is 1. The van der Waals surface area contributed by atoms with Gasteiger partial charge in [-0.15, -0.1) is 0 Å². The summed E-state index contributed by atoms with van der Waals surface area (Å²) >= 11 is 0. The van der Waals surface area contributed by atoms with Crippen LogP contribution in [-0.4, -0.2) is 17.0 Å². The number of hydrogen-bond donors (Lipinski definition) is 4. The molecule has 0 spiro atoms. The first kappa shape index (κ1) is 12.3. The highest BCUT2D eigenvalue weighted by molar-refractivity contribution is 7.59. The van der Waals surface area contributed by atoms with Crippen LogP contribution in [0.3, 0.4) is 0 Å². The van der Waals surface area contributed by atoms with Crippen molar-refractivity contribution in [2.24, 2.45) is 5.73 Å². The third-order valence-corrected chi connectivity index (χ3v) is 1.41. The Hall–Kier alpha value is -1.69. The second-order valence-corrected chi connectivity index (χ2v) is 2.42. The van der Waals surface area contributed by atoms with E-state index in [0.29, 0.717) is 5.69 Å². The fraction of sp³-hybridized carbons (Fsp3) is 0. The van der Waals surface area contributed by atoms with Crippen LogP contribution in [0.5, 0.6) is 0 Å². The van der Waals surface area contributed by atoms with Gasteiger partial charge in [0.1, 0.15) is 0 Å². The molecule has 0 atom stereocenters. The maximum absolute atomic E-state index is 10.4. The van der Waals surface area contributed by atoms with Crippen LogP contribution in [0, 0.1) is 5.41 Å². The van der Waals surface area contributed by atoms with E-state index in [-0.39, 0.29) is 25.0 Å². The Morgan fingerprint density at radius 3 is 2.21 bits per heavy atom. The third-order valence-electron chi connectivity index (χ3n) is 1.41. The predicted octanol–water partition coefficient (Wildman–Crippen LogP) is 0.803. The van der Waals surface area contributed by atoms with Gasteiger partial charge in [0, 0.05) is 5.69 Å². The smallest absolute Gasteiger partial charge is 0.335 e. The average Bonchev–Trinajstić information content (AvgIpc) is 2.04. The van der Waals surface area contributed by atoms with Crippen LogP contribution >= 0.6 is 13.5 Å². The van der Waals surface area contributed by atoms with Crippen molar-refractivity contribution < 1.29 is 9.90 Å². The van der Waals surface area contributed by atoms with E-state index >= 15 is 0 Å². The Morgan fingerprint density at radius 1 is 1.36 bits per heavy atom. The fourth-order valence-electron chi connectivity index (χ4n) is 0.852. The van der Waals surface area contributed by atoms with E-state index in [4.69, 9.17) is 16.2 Å². The Kier molecular flexibility index (Phi) is 4.51. The summed E-state index contributed by atoms with van der Waals surface area (Å²) in [5.74, 6) is -1.16. The zero-order valence-electron chi connectivity index (χ0n) is 7.24. The summed E-state index contributed by atoms with van der Waals surface area (Å²) in [4.78, 5) is 10.4. The number of carbonyl (C=O) groups is 1. The predicted molar refractivity (Wildman–Crippen MR) is 59.3 cm³/mol. The number of guanidine groups is 1. The number of rotatable bonds is 2. The molecule has 0 bridgehead atoms. The molecule has 0 aliphatic rings. The number of hydrogen-bond acceptors (Lipinski definition) is 2. The summed E-state index contributed by atoms with van der Waals surface area (Å²) in [5, 5.41) is 18.0. The molecule has 0 fully saturated rings. The zero-order valence-corrected chi connectivity index (χ0v) is 8.24. The standard InChI is InChI=1S/C8H9N3O2.H2S/c9-8(10)11-6-3-1-5(2-4-6)7(12)13;/h1-4H,(H,12,13)(H4,9,10,11);1H2. The number of benzene rings is 1. The van der Waals surface area contributed by atoms with E-state index in [0.717, 1.165) is 0 Å². The number of carboxylic acids is 1. The molecular weight excluding hydrogens is 202 g/mol. The topological polar surface area (TPSA) is 99.2 Å². The molecule has 0 saturated carbocycles. The van der Waals surface area contributed by atoms with Crippen molar-refractivity contribution in [2.75, 3.05) is 5.32 Å². The molecule has 0 amide bonds. The SMILES string of the molecule is N=C(N)Nc1ccc(C(=O)O)cc1.S. The van der Waals surface area contributed by atoms with Crippen LogP contribution in [0.2, 0.25) is 0 Å². The second kappa shape index (κ2) is 5.13. The molecule has 0 aliphatic carbocycles. The van der Waals surface area contributed by atoms with Gasteiger partial charge in [0.15, 0.2) is 5.96 Å². The van der Waals surface area contributed by atoms with Crippen LogP contribution in [0.4, 0.5) is 5.69 Å². The quantitative estimate of drug-likeness (QED) is 0.431. The van der Waals surface area contributed by atoms with Gasteiger partial charge in [0.2, 0.25) is 0 Å². The Labute approximate surface area is 87.9 Å². The van der Waals surface area contributed by atoms with Crippen molar-refractivity contribution in [1.29, 1.82) is 5.41 Å². The molecule has 6 heteroatoms. The molecule has 0 radical (unpaired) electrons.